The molecule has 0 saturated carbocycles. The molecule has 4 aromatic rings. The van der Waals surface area contributed by atoms with Gasteiger partial charge in [0.05, 0.1) is 53.9 Å². The number of fused-ring (bicyclic) bond motifs is 2. The van der Waals surface area contributed by atoms with Gasteiger partial charge in [0.2, 0.25) is 0 Å². The lowest BCUT2D eigenvalue weighted by molar-refractivity contribution is 0.0603. The molecule has 0 bridgehead atoms. The average Bonchev–Trinajstić information content (AvgIpc) is 3.27. The Labute approximate surface area is 255 Å². The van der Waals surface area contributed by atoms with E-state index in [1.165, 1.54) is 33.8 Å². The molecule has 1 N–H and O–H groups in total. The number of ether oxygens (including phenoxy) is 1. The van der Waals surface area contributed by atoms with Crippen molar-refractivity contribution in [3.8, 4) is 5.75 Å². The van der Waals surface area contributed by atoms with Gasteiger partial charge in [-0.05, 0) is 86.3 Å². The van der Waals surface area contributed by atoms with Crippen LogP contribution in [0.3, 0.4) is 0 Å². The molecule has 0 radical (unpaired) electrons. The number of hydrogen-bond acceptors (Lipinski definition) is 8. The lowest BCUT2D eigenvalue weighted by Gasteiger charge is -2.43. The van der Waals surface area contributed by atoms with Crippen LogP contribution in [0.15, 0.2) is 63.8 Å². The number of anilines is 1. The van der Waals surface area contributed by atoms with Crippen molar-refractivity contribution < 1.29 is 9.84 Å². The summed E-state index contributed by atoms with van der Waals surface area (Å²) in [7, 11) is 1.74. The molecule has 3 heterocycles. The molecule has 1 spiro atoms. The summed E-state index contributed by atoms with van der Waals surface area (Å²) < 4.78 is 6.92. The minimum atomic E-state index is -1.06. The van der Waals surface area contributed by atoms with Crippen molar-refractivity contribution in [2.45, 2.75) is 74.4 Å². The fourth-order valence-corrected chi connectivity index (χ4v) is 7.93. The first-order valence-electron chi connectivity index (χ1n) is 14.4. The van der Waals surface area contributed by atoms with Crippen LogP contribution in [0, 0.1) is 5.41 Å². The van der Waals surface area contributed by atoms with Crippen LogP contribution in [-0.4, -0.2) is 50.4 Å². The lowest BCUT2D eigenvalue weighted by atomic mass is 9.68. The summed E-state index contributed by atoms with van der Waals surface area (Å²) in [4.78, 5) is 30.0. The number of piperidine rings is 1. The molecule has 8 nitrogen and oxygen atoms in total. The molecule has 1 saturated heterocycles. The number of nitrogens with zero attached hydrogens (tertiary/aromatic N) is 5. The van der Waals surface area contributed by atoms with Crippen LogP contribution in [0.5, 0.6) is 5.75 Å². The molecule has 1 aliphatic heterocycles. The fraction of sp³-hybridized carbons (Fsp3) is 0.438. The van der Waals surface area contributed by atoms with Gasteiger partial charge in [-0.1, -0.05) is 36.4 Å². The summed E-state index contributed by atoms with van der Waals surface area (Å²) in [6.07, 6.45) is 9.55. The van der Waals surface area contributed by atoms with Crippen molar-refractivity contribution in [3.63, 3.8) is 0 Å². The van der Waals surface area contributed by atoms with E-state index in [-0.39, 0.29) is 17.5 Å². The van der Waals surface area contributed by atoms with Crippen LogP contribution in [0.4, 0.5) is 5.82 Å². The Bertz CT molecular complexity index is 1680. The van der Waals surface area contributed by atoms with Crippen molar-refractivity contribution in [3.05, 3.63) is 75.6 Å². The molecule has 2 aliphatic rings. The van der Waals surface area contributed by atoms with Crippen molar-refractivity contribution in [1.29, 1.82) is 0 Å². The molecule has 2 aromatic heterocycles. The predicted molar refractivity (Wildman–Crippen MR) is 167 cm³/mol. The molecule has 1 atom stereocenters. The molecule has 42 heavy (non-hydrogen) atoms. The zero-order valence-electron chi connectivity index (χ0n) is 24.4. The first-order valence-corrected chi connectivity index (χ1v) is 15.6. The van der Waals surface area contributed by atoms with Crippen molar-refractivity contribution in [2.75, 3.05) is 25.1 Å². The molecular formula is C32H36ClN5O3S. The molecule has 1 aliphatic carbocycles. The third kappa shape index (κ3) is 5.38. The summed E-state index contributed by atoms with van der Waals surface area (Å²) in [5, 5.41) is 11.5. The van der Waals surface area contributed by atoms with E-state index < -0.39 is 5.60 Å². The van der Waals surface area contributed by atoms with Crippen molar-refractivity contribution in [1.82, 2.24) is 19.5 Å². The second kappa shape index (κ2) is 11.2. The predicted octanol–water partition coefficient (Wildman–Crippen LogP) is 6.11. The first kappa shape index (κ1) is 29.0. The second-order valence-electron chi connectivity index (χ2n) is 12.1. The molecule has 2 aromatic carbocycles. The molecule has 1 fully saturated rings. The van der Waals surface area contributed by atoms with E-state index in [4.69, 9.17) is 21.3 Å². The quantitative estimate of drug-likeness (QED) is 0.270. The summed E-state index contributed by atoms with van der Waals surface area (Å²) in [6, 6.07) is 10.2. The van der Waals surface area contributed by atoms with Gasteiger partial charge in [0.15, 0.2) is 0 Å². The summed E-state index contributed by atoms with van der Waals surface area (Å²) in [5.74, 6) is 2.37. The van der Waals surface area contributed by atoms with E-state index in [0.29, 0.717) is 31.8 Å². The number of hydrogen-bond donors (Lipinski definition) is 1. The Kier molecular flexibility index (Phi) is 7.70. The van der Waals surface area contributed by atoms with Crippen LogP contribution in [-0.2, 0) is 13.0 Å². The number of benzene rings is 2. The van der Waals surface area contributed by atoms with Crippen molar-refractivity contribution >= 4 is 40.1 Å². The lowest BCUT2D eigenvalue weighted by Crippen LogP contribution is -2.42. The highest BCUT2D eigenvalue weighted by atomic mass is 35.5. The number of aromatic nitrogens is 4. The van der Waals surface area contributed by atoms with Gasteiger partial charge >= 0.3 is 0 Å². The minimum Gasteiger partial charge on any atom is -0.497 e. The summed E-state index contributed by atoms with van der Waals surface area (Å²) in [5.41, 5.74) is 2.39. The highest BCUT2D eigenvalue weighted by molar-refractivity contribution is 7.99. The van der Waals surface area contributed by atoms with Gasteiger partial charge in [0.25, 0.3) is 5.56 Å². The highest BCUT2D eigenvalue weighted by Crippen LogP contribution is 2.55. The standard InChI is InChI=1S/C32H36ClN5O3S/c1-5-23-22-14-21(41-4)7-6-20(22)15-32(23)10-12-37(13-11-32)26-16-35-27(17-34-26)42-25-9-8-24-28(29(25)33)30(39)38(19-36-24)18-31(2,3)40/h6-9,14,16-17,19,23,40H,5,10-13,15,18H2,1-4H3/t23-/m1/s1. The Hall–Kier alpha value is -3.14. The van der Waals surface area contributed by atoms with Crippen LogP contribution < -0.4 is 15.2 Å². The van der Waals surface area contributed by atoms with Gasteiger partial charge in [0.1, 0.15) is 16.6 Å². The third-order valence-corrected chi connectivity index (χ3v) is 10.3. The number of rotatable bonds is 7. The Morgan fingerprint density at radius 1 is 1.14 bits per heavy atom. The molecule has 220 valence electrons. The SMILES string of the molecule is CC[C@@H]1c2cc(OC)ccc2CC12CCN(c1cnc(Sc3ccc4ncn(CC(C)(C)O)c(=O)c4c3Cl)cn1)CC2. The number of methoxy groups -OCH3 is 1. The Morgan fingerprint density at radius 2 is 1.93 bits per heavy atom. The third-order valence-electron chi connectivity index (χ3n) is 8.78. The average molecular weight is 606 g/mol. The van der Waals surface area contributed by atoms with E-state index in [1.54, 1.807) is 33.2 Å². The largest absolute Gasteiger partial charge is 0.497 e. The van der Waals surface area contributed by atoms with E-state index in [9.17, 15) is 9.90 Å². The molecule has 0 amide bonds. The molecule has 6 rings (SSSR count). The maximum Gasteiger partial charge on any atom is 0.262 e. The van der Waals surface area contributed by atoms with Gasteiger partial charge in [-0.3, -0.25) is 9.36 Å². The van der Waals surface area contributed by atoms with Crippen LogP contribution in [0.2, 0.25) is 5.02 Å². The van der Waals surface area contributed by atoms with E-state index in [1.807, 2.05) is 12.3 Å². The van der Waals surface area contributed by atoms with E-state index >= 15 is 0 Å². The zero-order valence-corrected chi connectivity index (χ0v) is 26.0. The van der Waals surface area contributed by atoms with Gasteiger partial charge in [-0.2, -0.15) is 0 Å². The molecular weight excluding hydrogens is 570 g/mol. The maximum atomic E-state index is 13.2. The molecule has 0 unspecified atom stereocenters. The Balaban J connectivity index is 1.16. The summed E-state index contributed by atoms with van der Waals surface area (Å²) in [6.45, 7) is 7.61. The number of halogens is 1. The van der Waals surface area contributed by atoms with Crippen LogP contribution in [0.25, 0.3) is 10.9 Å². The highest BCUT2D eigenvalue weighted by Gasteiger charge is 2.46. The van der Waals surface area contributed by atoms with E-state index in [0.717, 1.165) is 50.3 Å². The van der Waals surface area contributed by atoms with Crippen molar-refractivity contribution in [2.24, 2.45) is 5.41 Å². The van der Waals surface area contributed by atoms with Crippen LogP contribution >= 0.6 is 23.4 Å². The monoisotopic (exact) mass is 605 g/mol. The summed E-state index contributed by atoms with van der Waals surface area (Å²) >= 11 is 8.09. The topological polar surface area (TPSA) is 93.4 Å². The smallest absolute Gasteiger partial charge is 0.262 e. The van der Waals surface area contributed by atoms with Gasteiger partial charge < -0.3 is 14.7 Å². The fourth-order valence-electron chi connectivity index (χ4n) is 6.81. The van der Waals surface area contributed by atoms with Crippen LogP contribution in [0.1, 0.15) is 57.1 Å². The zero-order chi connectivity index (χ0) is 29.6. The van der Waals surface area contributed by atoms with E-state index in [2.05, 4.69) is 40.0 Å². The normalized spacial score (nSPS) is 18.0. The first-order chi connectivity index (χ1) is 20.1. The van der Waals surface area contributed by atoms with Gasteiger partial charge in [-0.15, -0.1) is 0 Å². The maximum absolute atomic E-state index is 13.2. The molecule has 10 heteroatoms. The second-order valence-corrected chi connectivity index (χ2v) is 13.6. The van der Waals surface area contributed by atoms with Gasteiger partial charge in [-0.25, -0.2) is 15.0 Å². The number of aliphatic hydroxyl groups is 1. The Morgan fingerprint density at radius 3 is 2.60 bits per heavy atom. The minimum absolute atomic E-state index is 0.119. The van der Waals surface area contributed by atoms with Gasteiger partial charge in [0, 0.05) is 18.0 Å².